The van der Waals surface area contributed by atoms with Gasteiger partial charge in [-0.05, 0) is 42.3 Å². The highest BCUT2D eigenvalue weighted by Crippen LogP contribution is 2.30. The Hall–Kier alpha value is -1.17. The third-order valence-corrected chi connectivity index (χ3v) is 4.22. The second-order valence-corrected chi connectivity index (χ2v) is 5.68. The van der Waals surface area contributed by atoms with Gasteiger partial charge in [-0.3, -0.25) is 0 Å². The van der Waals surface area contributed by atoms with E-state index in [0.29, 0.717) is 11.6 Å². The minimum absolute atomic E-state index is 0.460. The highest BCUT2D eigenvalue weighted by atomic mass is 35.5. The van der Waals surface area contributed by atoms with E-state index in [0.717, 1.165) is 34.2 Å². The summed E-state index contributed by atoms with van der Waals surface area (Å²) in [7, 11) is 0. The second kappa shape index (κ2) is 7.02. The number of aromatic nitrogens is 3. The third-order valence-electron chi connectivity index (χ3n) is 3.03. The molecule has 2 heterocycles. The lowest BCUT2D eigenvalue weighted by Gasteiger charge is -2.13. The number of halogens is 1. The van der Waals surface area contributed by atoms with Crippen molar-refractivity contribution in [1.82, 2.24) is 15.2 Å². The van der Waals surface area contributed by atoms with Crippen molar-refractivity contribution in [2.75, 3.05) is 0 Å². The maximum absolute atomic E-state index is 5.91. The normalized spacial score (nSPS) is 10.8. The molecule has 0 fully saturated rings. The standard InChI is InChI=1S/C14H17ClN4S/c1-3-10-11(7-16)14(19-18-12(10)4-2)20-13-6-5-9(15)8-17-13/h5-6,8H,3-4,7,16H2,1-2H3. The van der Waals surface area contributed by atoms with Crippen LogP contribution in [-0.2, 0) is 19.4 Å². The molecule has 0 aliphatic rings. The van der Waals surface area contributed by atoms with Gasteiger partial charge in [0.15, 0.2) is 0 Å². The van der Waals surface area contributed by atoms with Crippen LogP contribution in [-0.4, -0.2) is 15.2 Å². The fraction of sp³-hybridized carbons (Fsp3) is 0.357. The molecular formula is C14H17ClN4S. The van der Waals surface area contributed by atoms with Gasteiger partial charge in [0, 0.05) is 18.3 Å². The molecule has 0 spiro atoms. The summed E-state index contributed by atoms with van der Waals surface area (Å²) >= 11 is 7.31. The number of pyridine rings is 1. The summed E-state index contributed by atoms with van der Waals surface area (Å²) in [6.45, 7) is 4.66. The molecule has 2 aromatic rings. The predicted molar refractivity (Wildman–Crippen MR) is 82.0 cm³/mol. The first-order chi connectivity index (χ1) is 9.69. The summed E-state index contributed by atoms with van der Waals surface area (Å²) in [6, 6.07) is 3.68. The van der Waals surface area contributed by atoms with Gasteiger partial charge in [-0.15, -0.1) is 5.10 Å². The SMILES string of the molecule is CCc1nnc(Sc2ccc(Cl)cn2)c(CN)c1CC. The molecule has 0 atom stereocenters. The van der Waals surface area contributed by atoms with Gasteiger partial charge in [0.25, 0.3) is 0 Å². The number of nitrogens with two attached hydrogens (primary N) is 1. The van der Waals surface area contributed by atoms with E-state index < -0.39 is 0 Å². The van der Waals surface area contributed by atoms with E-state index in [9.17, 15) is 0 Å². The fourth-order valence-corrected chi connectivity index (χ4v) is 3.01. The van der Waals surface area contributed by atoms with Crippen LogP contribution < -0.4 is 5.73 Å². The molecule has 2 rings (SSSR count). The van der Waals surface area contributed by atoms with E-state index in [1.54, 1.807) is 6.20 Å². The van der Waals surface area contributed by atoms with Gasteiger partial charge in [-0.1, -0.05) is 25.4 Å². The second-order valence-electron chi connectivity index (χ2n) is 4.24. The van der Waals surface area contributed by atoms with Crippen LogP contribution in [0.3, 0.4) is 0 Å². The van der Waals surface area contributed by atoms with Gasteiger partial charge < -0.3 is 5.73 Å². The fourth-order valence-electron chi connectivity index (χ4n) is 2.05. The number of hydrogen-bond acceptors (Lipinski definition) is 5. The Kier molecular flexibility index (Phi) is 5.34. The van der Waals surface area contributed by atoms with Crippen LogP contribution in [0.4, 0.5) is 0 Å². The summed E-state index contributed by atoms with van der Waals surface area (Å²) in [5.74, 6) is 0. The van der Waals surface area contributed by atoms with Crippen molar-refractivity contribution in [2.45, 2.75) is 43.3 Å². The van der Waals surface area contributed by atoms with Gasteiger partial charge in [-0.2, -0.15) is 5.10 Å². The molecule has 0 aromatic carbocycles. The number of nitrogens with zero attached hydrogens (tertiary/aromatic N) is 3. The van der Waals surface area contributed by atoms with Crippen LogP contribution >= 0.6 is 23.4 Å². The van der Waals surface area contributed by atoms with Crippen molar-refractivity contribution in [2.24, 2.45) is 5.73 Å². The Balaban J connectivity index is 2.38. The van der Waals surface area contributed by atoms with Crippen LogP contribution in [0.1, 0.15) is 30.7 Å². The smallest absolute Gasteiger partial charge is 0.130 e. The summed E-state index contributed by atoms with van der Waals surface area (Å²) in [5.41, 5.74) is 9.21. The minimum Gasteiger partial charge on any atom is -0.326 e. The van der Waals surface area contributed by atoms with Gasteiger partial charge in [-0.25, -0.2) is 4.98 Å². The lowest BCUT2D eigenvalue weighted by atomic mass is 10.0. The van der Waals surface area contributed by atoms with Crippen molar-refractivity contribution in [1.29, 1.82) is 0 Å². The highest BCUT2D eigenvalue weighted by Gasteiger charge is 2.14. The van der Waals surface area contributed by atoms with Gasteiger partial charge in [0.2, 0.25) is 0 Å². The molecule has 0 bridgehead atoms. The summed E-state index contributed by atoms with van der Waals surface area (Å²) in [5, 5.41) is 10.9. The zero-order valence-electron chi connectivity index (χ0n) is 11.6. The first-order valence-electron chi connectivity index (χ1n) is 6.56. The first-order valence-corrected chi connectivity index (χ1v) is 7.75. The van der Waals surface area contributed by atoms with Crippen molar-refractivity contribution in [3.05, 3.63) is 40.2 Å². The van der Waals surface area contributed by atoms with Crippen molar-refractivity contribution in [3.63, 3.8) is 0 Å². The molecule has 6 heteroatoms. The summed E-state index contributed by atoms with van der Waals surface area (Å²) in [6.07, 6.45) is 3.40. The van der Waals surface area contributed by atoms with E-state index >= 15 is 0 Å². The van der Waals surface area contributed by atoms with E-state index in [1.165, 1.54) is 17.3 Å². The topological polar surface area (TPSA) is 64.7 Å². The predicted octanol–water partition coefficient (Wildman–Crippen LogP) is 3.26. The molecule has 0 aliphatic heterocycles. The average molecular weight is 309 g/mol. The van der Waals surface area contributed by atoms with Crippen molar-refractivity contribution in [3.8, 4) is 0 Å². The summed E-state index contributed by atoms with van der Waals surface area (Å²) in [4.78, 5) is 4.27. The minimum atomic E-state index is 0.460. The number of hydrogen-bond donors (Lipinski definition) is 1. The van der Waals surface area contributed by atoms with Crippen molar-refractivity contribution < 1.29 is 0 Å². The highest BCUT2D eigenvalue weighted by molar-refractivity contribution is 7.99. The molecular weight excluding hydrogens is 292 g/mol. The molecule has 4 nitrogen and oxygen atoms in total. The van der Waals surface area contributed by atoms with Gasteiger partial charge in [0.05, 0.1) is 10.7 Å². The zero-order valence-corrected chi connectivity index (χ0v) is 13.1. The largest absolute Gasteiger partial charge is 0.326 e. The molecule has 20 heavy (non-hydrogen) atoms. The quantitative estimate of drug-likeness (QED) is 0.918. The Labute approximate surface area is 128 Å². The van der Waals surface area contributed by atoms with Crippen LogP contribution in [0, 0.1) is 0 Å². The molecule has 0 saturated heterocycles. The van der Waals surface area contributed by atoms with Crippen LogP contribution in [0.25, 0.3) is 0 Å². The molecule has 0 amide bonds. The van der Waals surface area contributed by atoms with Gasteiger partial charge in [0.1, 0.15) is 10.1 Å². The molecule has 0 unspecified atom stereocenters. The third kappa shape index (κ3) is 3.29. The lowest BCUT2D eigenvalue weighted by molar-refractivity contribution is 0.781. The maximum atomic E-state index is 5.91. The van der Waals surface area contributed by atoms with E-state index in [2.05, 4.69) is 29.0 Å². The molecule has 0 radical (unpaired) electrons. The lowest BCUT2D eigenvalue weighted by Crippen LogP contribution is -2.10. The van der Waals surface area contributed by atoms with Crippen LogP contribution in [0.5, 0.6) is 0 Å². The molecule has 0 aliphatic carbocycles. The Morgan fingerprint density at radius 2 is 1.95 bits per heavy atom. The molecule has 2 aromatic heterocycles. The van der Waals surface area contributed by atoms with Crippen LogP contribution in [0.2, 0.25) is 5.02 Å². The monoisotopic (exact) mass is 308 g/mol. The molecule has 0 saturated carbocycles. The Morgan fingerprint density at radius 3 is 2.50 bits per heavy atom. The van der Waals surface area contributed by atoms with E-state index in [-0.39, 0.29) is 0 Å². The summed E-state index contributed by atoms with van der Waals surface area (Å²) < 4.78 is 0. The van der Waals surface area contributed by atoms with Gasteiger partial charge >= 0.3 is 0 Å². The van der Waals surface area contributed by atoms with E-state index in [1.807, 2.05) is 12.1 Å². The van der Waals surface area contributed by atoms with Crippen molar-refractivity contribution >= 4 is 23.4 Å². The Morgan fingerprint density at radius 1 is 1.15 bits per heavy atom. The Bertz CT molecular complexity index is 586. The maximum Gasteiger partial charge on any atom is 0.130 e. The molecule has 106 valence electrons. The first kappa shape index (κ1) is 15.2. The average Bonchev–Trinajstić information content (AvgIpc) is 2.48. The van der Waals surface area contributed by atoms with Crippen LogP contribution in [0.15, 0.2) is 28.4 Å². The number of aryl methyl sites for hydroxylation is 1. The van der Waals surface area contributed by atoms with E-state index in [4.69, 9.17) is 17.3 Å². The number of rotatable bonds is 5. The zero-order chi connectivity index (χ0) is 14.5. The molecule has 2 N–H and O–H groups in total.